The van der Waals surface area contributed by atoms with E-state index in [1.165, 1.54) is 18.2 Å². The summed E-state index contributed by atoms with van der Waals surface area (Å²) in [7, 11) is 0. The Balaban J connectivity index is 1.81. The van der Waals surface area contributed by atoms with Crippen LogP contribution in [0.3, 0.4) is 0 Å². The third-order valence-electron chi connectivity index (χ3n) is 2.89. The molecule has 3 rings (SSSR count). The lowest BCUT2D eigenvalue weighted by Gasteiger charge is -2.00. The molecule has 0 spiro atoms. The molecule has 1 aromatic heterocycles. The van der Waals surface area contributed by atoms with Gasteiger partial charge in [-0.05, 0) is 30.3 Å². The van der Waals surface area contributed by atoms with E-state index >= 15 is 0 Å². The van der Waals surface area contributed by atoms with Crippen LogP contribution >= 0.6 is 0 Å². The standard InChI is InChI=1S/C15H8F3N3O2/c16-9-3-1-2-8(6-9)13(22)19-15-21-20-14(23-15)11-5-4-10(17)7-12(11)18/h1-7H,(H,19,21,22). The highest BCUT2D eigenvalue weighted by Crippen LogP contribution is 2.23. The lowest BCUT2D eigenvalue weighted by molar-refractivity contribution is 0.102. The van der Waals surface area contributed by atoms with Gasteiger partial charge in [0.25, 0.3) is 11.8 Å². The van der Waals surface area contributed by atoms with Gasteiger partial charge in [-0.1, -0.05) is 11.2 Å². The smallest absolute Gasteiger partial charge is 0.322 e. The first-order valence-electron chi connectivity index (χ1n) is 6.39. The zero-order valence-corrected chi connectivity index (χ0v) is 11.4. The molecule has 0 radical (unpaired) electrons. The summed E-state index contributed by atoms with van der Waals surface area (Å²) in [6.07, 6.45) is 0. The van der Waals surface area contributed by atoms with Crippen LogP contribution < -0.4 is 5.32 Å². The second-order valence-corrected chi connectivity index (χ2v) is 4.50. The number of anilines is 1. The Morgan fingerprint density at radius 1 is 1.00 bits per heavy atom. The van der Waals surface area contributed by atoms with E-state index in [0.29, 0.717) is 6.07 Å². The van der Waals surface area contributed by atoms with Crippen molar-refractivity contribution in [2.24, 2.45) is 0 Å². The zero-order valence-electron chi connectivity index (χ0n) is 11.4. The highest BCUT2D eigenvalue weighted by atomic mass is 19.1. The molecule has 8 heteroatoms. The number of carbonyl (C=O) groups excluding carboxylic acids is 1. The molecule has 23 heavy (non-hydrogen) atoms. The first-order chi connectivity index (χ1) is 11.0. The van der Waals surface area contributed by atoms with Gasteiger partial charge in [-0.3, -0.25) is 10.1 Å². The average Bonchev–Trinajstić information content (AvgIpc) is 2.95. The molecule has 0 unspecified atom stereocenters. The van der Waals surface area contributed by atoms with Gasteiger partial charge >= 0.3 is 6.01 Å². The predicted octanol–water partition coefficient (Wildman–Crippen LogP) is 3.41. The number of amides is 1. The molecular weight excluding hydrogens is 311 g/mol. The Morgan fingerprint density at radius 3 is 2.52 bits per heavy atom. The summed E-state index contributed by atoms with van der Waals surface area (Å²) in [5, 5.41) is 9.38. The van der Waals surface area contributed by atoms with E-state index in [1.807, 2.05) is 0 Å². The van der Waals surface area contributed by atoms with Crippen LogP contribution in [0.2, 0.25) is 0 Å². The number of rotatable bonds is 3. The highest BCUT2D eigenvalue weighted by molar-refractivity contribution is 6.03. The molecule has 0 aliphatic heterocycles. The molecule has 2 aromatic carbocycles. The number of nitrogens with one attached hydrogen (secondary N) is 1. The van der Waals surface area contributed by atoms with Crippen molar-refractivity contribution in [1.29, 1.82) is 0 Å². The van der Waals surface area contributed by atoms with E-state index in [9.17, 15) is 18.0 Å². The lowest BCUT2D eigenvalue weighted by Crippen LogP contribution is -2.12. The van der Waals surface area contributed by atoms with Crippen molar-refractivity contribution in [1.82, 2.24) is 10.2 Å². The Hall–Kier alpha value is -3.16. The fourth-order valence-corrected chi connectivity index (χ4v) is 1.84. The molecule has 0 fully saturated rings. The molecular formula is C15H8F3N3O2. The topological polar surface area (TPSA) is 68.0 Å². The van der Waals surface area contributed by atoms with E-state index in [-0.39, 0.29) is 23.0 Å². The van der Waals surface area contributed by atoms with Crippen LogP contribution in [-0.2, 0) is 0 Å². The largest absolute Gasteiger partial charge is 0.403 e. The van der Waals surface area contributed by atoms with Gasteiger partial charge in [0.05, 0.1) is 5.56 Å². The fourth-order valence-electron chi connectivity index (χ4n) is 1.84. The van der Waals surface area contributed by atoms with E-state index in [4.69, 9.17) is 4.42 Å². The Bertz CT molecular complexity index is 880. The van der Waals surface area contributed by atoms with Crippen molar-refractivity contribution in [2.45, 2.75) is 0 Å². The van der Waals surface area contributed by atoms with E-state index in [0.717, 1.165) is 18.2 Å². The van der Waals surface area contributed by atoms with Crippen LogP contribution in [-0.4, -0.2) is 16.1 Å². The maximum atomic E-state index is 13.6. The third-order valence-corrected chi connectivity index (χ3v) is 2.89. The van der Waals surface area contributed by atoms with Crippen molar-refractivity contribution in [3.05, 3.63) is 65.5 Å². The van der Waals surface area contributed by atoms with Gasteiger partial charge in [-0.15, -0.1) is 5.10 Å². The minimum atomic E-state index is -0.878. The minimum absolute atomic E-state index is 0.0534. The molecule has 5 nitrogen and oxygen atoms in total. The average molecular weight is 319 g/mol. The Labute approximate surface area is 127 Å². The second-order valence-electron chi connectivity index (χ2n) is 4.50. The molecule has 0 aliphatic rings. The van der Waals surface area contributed by atoms with Crippen LogP contribution in [0.15, 0.2) is 46.9 Å². The molecule has 1 amide bonds. The fraction of sp³-hybridized carbons (Fsp3) is 0. The molecule has 0 saturated heterocycles. The zero-order chi connectivity index (χ0) is 16.4. The van der Waals surface area contributed by atoms with Crippen LogP contribution in [0.5, 0.6) is 0 Å². The summed E-state index contributed by atoms with van der Waals surface area (Å²) in [5.74, 6) is -3.09. The lowest BCUT2D eigenvalue weighted by atomic mass is 10.2. The summed E-state index contributed by atoms with van der Waals surface area (Å²) in [4.78, 5) is 11.9. The first-order valence-corrected chi connectivity index (χ1v) is 6.39. The molecule has 0 aliphatic carbocycles. The van der Waals surface area contributed by atoms with E-state index < -0.39 is 23.4 Å². The SMILES string of the molecule is O=C(Nc1nnc(-c2ccc(F)cc2F)o1)c1cccc(F)c1. The van der Waals surface area contributed by atoms with Crippen molar-refractivity contribution in [2.75, 3.05) is 5.32 Å². The number of carbonyl (C=O) groups is 1. The maximum absolute atomic E-state index is 13.6. The molecule has 1 heterocycles. The van der Waals surface area contributed by atoms with Crippen LogP contribution in [0.4, 0.5) is 19.2 Å². The van der Waals surface area contributed by atoms with Gasteiger partial charge < -0.3 is 4.42 Å². The molecule has 116 valence electrons. The van der Waals surface area contributed by atoms with E-state index in [1.54, 1.807) is 0 Å². The number of hydrogen-bond acceptors (Lipinski definition) is 4. The maximum Gasteiger partial charge on any atom is 0.322 e. The van der Waals surface area contributed by atoms with E-state index in [2.05, 4.69) is 15.5 Å². The monoisotopic (exact) mass is 319 g/mol. The highest BCUT2D eigenvalue weighted by Gasteiger charge is 2.16. The number of benzene rings is 2. The van der Waals surface area contributed by atoms with Gasteiger partial charge in [0.15, 0.2) is 0 Å². The van der Waals surface area contributed by atoms with Gasteiger partial charge in [-0.25, -0.2) is 13.2 Å². The minimum Gasteiger partial charge on any atom is -0.403 e. The number of aromatic nitrogens is 2. The molecule has 0 bridgehead atoms. The van der Waals surface area contributed by atoms with Crippen LogP contribution in [0.25, 0.3) is 11.5 Å². The predicted molar refractivity (Wildman–Crippen MR) is 74.0 cm³/mol. The molecule has 0 atom stereocenters. The number of nitrogens with zero attached hydrogens (tertiary/aromatic N) is 2. The van der Waals surface area contributed by atoms with Gasteiger partial charge in [-0.2, -0.15) is 0 Å². The van der Waals surface area contributed by atoms with Crippen molar-refractivity contribution in [3.8, 4) is 11.5 Å². The Kier molecular flexibility index (Phi) is 3.80. The van der Waals surface area contributed by atoms with Crippen molar-refractivity contribution < 1.29 is 22.4 Å². The van der Waals surface area contributed by atoms with Crippen molar-refractivity contribution in [3.63, 3.8) is 0 Å². The second kappa shape index (κ2) is 5.91. The first kappa shape index (κ1) is 14.8. The van der Waals surface area contributed by atoms with Crippen LogP contribution in [0.1, 0.15) is 10.4 Å². The summed E-state index contributed by atoms with van der Waals surface area (Å²) >= 11 is 0. The molecule has 3 aromatic rings. The quantitative estimate of drug-likeness (QED) is 0.803. The van der Waals surface area contributed by atoms with Gasteiger partial charge in [0, 0.05) is 11.6 Å². The summed E-state index contributed by atoms with van der Waals surface area (Å²) in [6.45, 7) is 0. The van der Waals surface area contributed by atoms with Gasteiger partial charge in [0.2, 0.25) is 0 Å². The Morgan fingerprint density at radius 2 is 1.78 bits per heavy atom. The summed E-state index contributed by atoms with van der Waals surface area (Å²) in [6, 6.07) is 7.55. The third kappa shape index (κ3) is 3.20. The number of halogens is 3. The van der Waals surface area contributed by atoms with Crippen molar-refractivity contribution >= 4 is 11.9 Å². The molecule has 1 N–H and O–H groups in total. The van der Waals surface area contributed by atoms with Crippen LogP contribution in [0, 0.1) is 17.5 Å². The van der Waals surface area contributed by atoms with Gasteiger partial charge in [0.1, 0.15) is 17.5 Å². The molecule has 0 saturated carbocycles. The normalized spacial score (nSPS) is 10.6. The summed E-state index contributed by atoms with van der Waals surface area (Å²) < 4.78 is 44.7. The number of hydrogen-bond donors (Lipinski definition) is 1. The summed E-state index contributed by atoms with van der Waals surface area (Å²) in [5.41, 5.74) is -0.0529.